The van der Waals surface area contributed by atoms with Gasteiger partial charge in [0.05, 0.1) is 5.69 Å². The van der Waals surface area contributed by atoms with Gasteiger partial charge in [-0.3, -0.25) is 9.58 Å². The minimum Gasteiger partial charge on any atom is -0.399 e. The standard InChI is InChI=1S/C14H18N4/c1-10-13(6-17(2)16-10)9-18-7-11-3-4-14(15)5-12(11)8-18/h3-6H,7-9,15H2,1-2H3. The van der Waals surface area contributed by atoms with Gasteiger partial charge in [-0.2, -0.15) is 5.10 Å². The van der Waals surface area contributed by atoms with Crippen molar-refractivity contribution < 1.29 is 0 Å². The maximum Gasteiger partial charge on any atom is 0.0638 e. The van der Waals surface area contributed by atoms with Gasteiger partial charge in [0.15, 0.2) is 0 Å². The van der Waals surface area contributed by atoms with Crippen LogP contribution in [0.25, 0.3) is 0 Å². The van der Waals surface area contributed by atoms with Crippen LogP contribution in [0.3, 0.4) is 0 Å². The third-order valence-electron chi connectivity index (χ3n) is 3.53. The molecule has 2 aromatic rings. The minimum atomic E-state index is 0.855. The van der Waals surface area contributed by atoms with Crippen molar-refractivity contribution in [1.82, 2.24) is 14.7 Å². The number of nitrogens with two attached hydrogens (primary N) is 1. The van der Waals surface area contributed by atoms with Gasteiger partial charge < -0.3 is 5.73 Å². The van der Waals surface area contributed by atoms with Crippen LogP contribution < -0.4 is 5.73 Å². The van der Waals surface area contributed by atoms with Crippen LogP contribution in [-0.4, -0.2) is 14.7 Å². The molecule has 0 spiro atoms. The number of hydrogen-bond acceptors (Lipinski definition) is 3. The van der Waals surface area contributed by atoms with Crippen molar-refractivity contribution in [2.45, 2.75) is 26.6 Å². The Bertz CT molecular complexity index is 585. The Balaban J connectivity index is 1.76. The molecule has 94 valence electrons. The predicted octanol–water partition coefficient (Wildman–Crippen LogP) is 1.83. The van der Waals surface area contributed by atoms with Crippen molar-refractivity contribution in [1.29, 1.82) is 0 Å². The van der Waals surface area contributed by atoms with Crippen molar-refractivity contribution in [3.05, 3.63) is 46.8 Å². The van der Waals surface area contributed by atoms with Crippen LogP contribution in [0.1, 0.15) is 22.4 Å². The molecule has 0 radical (unpaired) electrons. The van der Waals surface area contributed by atoms with Crippen LogP contribution in [-0.2, 0) is 26.7 Å². The van der Waals surface area contributed by atoms with Crippen LogP contribution in [0, 0.1) is 6.92 Å². The largest absolute Gasteiger partial charge is 0.399 e. The summed E-state index contributed by atoms with van der Waals surface area (Å²) in [5.41, 5.74) is 11.9. The SMILES string of the molecule is Cc1nn(C)cc1CN1Cc2ccc(N)cc2C1. The molecule has 0 saturated heterocycles. The molecule has 0 unspecified atom stereocenters. The number of benzene rings is 1. The summed E-state index contributed by atoms with van der Waals surface area (Å²) in [5.74, 6) is 0. The second kappa shape index (κ2) is 4.14. The van der Waals surface area contributed by atoms with Crippen LogP contribution in [0.5, 0.6) is 0 Å². The summed E-state index contributed by atoms with van der Waals surface area (Å²) in [5, 5.41) is 4.39. The van der Waals surface area contributed by atoms with Crippen molar-refractivity contribution in [3.8, 4) is 0 Å². The molecule has 2 heterocycles. The summed E-state index contributed by atoms with van der Waals surface area (Å²) >= 11 is 0. The molecule has 1 aromatic heterocycles. The number of aryl methyl sites for hydroxylation is 2. The average Bonchev–Trinajstić information content (AvgIpc) is 2.82. The van der Waals surface area contributed by atoms with Gasteiger partial charge in [-0.1, -0.05) is 6.07 Å². The van der Waals surface area contributed by atoms with E-state index in [2.05, 4.69) is 35.3 Å². The third-order valence-corrected chi connectivity index (χ3v) is 3.53. The maximum absolute atomic E-state index is 5.82. The van der Waals surface area contributed by atoms with E-state index in [1.54, 1.807) is 0 Å². The number of nitrogens with zero attached hydrogens (tertiary/aromatic N) is 3. The van der Waals surface area contributed by atoms with Gasteiger partial charge >= 0.3 is 0 Å². The zero-order valence-corrected chi connectivity index (χ0v) is 10.8. The number of nitrogen functional groups attached to an aromatic ring is 1. The summed E-state index contributed by atoms with van der Waals surface area (Å²) in [6.07, 6.45) is 2.10. The Morgan fingerprint density at radius 3 is 2.78 bits per heavy atom. The highest BCUT2D eigenvalue weighted by molar-refractivity contribution is 5.46. The van der Waals surface area contributed by atoms with Crippen molar-refractivity contribution in [2.24, 2.45) is 7.05 Å². The number of hydrogen-bond donors (Lipinski definition) is 1. The second-order valence-corrected chi connectivity index (χ2v) is 5.09. The van der Waals surface area contributed by atoms with E-state index in [1.807, 2.05) is 17.8 Å². The molecular weight excluding hydrogens is 224 g/mol. The highest BCUT2D eigenvalue weighted by atomic mass is 15.3. The maximum atomic E-state index is 5.82. The number of anilines is 1. The first kappa shape index (κ1) is 11.3. The lowest BCUT2D eigenvalue weighted by Crippen LogP contribution is -2.15. The van der Waals surface area contributed by atoms with E-state index in [-0.39, 0.29) is 0 Å². The minimum absolute atomic E-state index is 0.855. The first-order valence-electron chi connectivity index (χ1n) is 6.20. The zero-order valence-electron chi connectivity index (χ0n) is 10.8. The number of fused-ring (bicyclic) bond motifs is 1. The number of aromatic nitrogens is 2. The van der Waals surface area contributed by atoms with Crippen LogP contribution in [0.2, 0.25) is 0 Å². The molecule has 1 aromatic carbocycles. The van der Waals surface area contributed by atoms with Gasteiger partial charge in [-0.05, 0) is 30.2 Å². The molecule has 0 amide bonds. The monoisotopic (exact) mass is 242 g/mol. The fourth-order valence-electron chi connectivity index (χ4n) is 2.64. The lowest BCUT2D eigenvalue weighted by atomic mass is 10.1. The Kier molecular flexibility index (Phi) is 2.59. The molecule has 0 aliphatic carbocycles. The van der Waals surface area contributed by atoms with Crippen molar-refractivity contribution >= 4 is 5.69 Å². The van der Waals surface area contributed by atoms with E-state index < -0.39 is 0 Å². The summed E-state index contributed by atoms with van der Waals surface area (Å²) in [7, 11) is 1.97. The van der Waals surface area contributed by atoms with Gasteiger partial charge in [0.25, 0.3) is 0 Å². The fraction of sp³-hybridized carbons (Fsp3) is 0.357. The second-order valence-electron chi connectivity index (χ2n) is 5.09. The first-order valence-corrected chi connectivity index (χ1v) is 6.20. The summed E-state index contributed by atoms with van der Waals surface area (Å²) < 4.78 is 1.88. The molecule has 0 saturated carbocycles. The molecule has 1 aliphatic rings. The van der Waals surface area contributed by atoms with Crippen LogP contribution in [0.4, 0.5) is 5.69 Å². The lowest BCUT2D eigenvalue weighted by Gasteiger charge is -2.13. The van der Waals surface area contributed by atoms with Gasteiger partial charge in [0.1, 0.15) is 0 Å². The summed E-state index contributed by atoms with van der Waals surface area (Å²) in [4.78, 5) is 2.42. The molecule has 2 N–H and O–H groups in total. The Hall–Kier alpha value is -1.81. The quantitative estimate of drug-likeness (QED) is 0.817. The molecule has 18 heavy (non-hydrogen) atoms. The fourth-order valence-corrected chi connectivity index (χ4v) is 2.64. The molecule has 4 heteroatoms. The molecule has 0 fully saturated rings. The average molecular weight is 242 g/mol. The van der Waals surface area contributed by atoms with E-state index in [9.17, 15) is 0 Å². The summed E-state index contributed by atoms with van der Waals surface area (Å²) in [6, 6.07) is 6.21. The highest BCUT2D eigenvalue weighted by Gasteiger charge is 2.20. The molecule has 0 atom stereocenters. The van der Waals surface area contributed by atoms with E-state index in [4.69, 9.17) is 5.73 Å². The normalized spacial score (nSPS) is 15.0. The van der Waals surface area contributed by atoms with E-state index in [0.29, 0.717) is 0 Å². The van der Waals surface area contributed by atoms with E-state index >= 15 is 0 Å². The molecular formula is C14H18N4. The smallest absolute Gasteiger partial charge is 0.0638 e. The highest BCUT2D eigenvalue weighted by Crippen LogP contribution is 2.26. The molecule has 3 rings (SSSR count). The summed E-state index contributed by atoms with van der Waals surface area (Å²) in [6.45, 7) is 5.00. The Morgan fingerprint density at radius 2 is 2.06 bits per heavy atom. The molecule has 1 aliphatic heterocycles. The Labute approximate surface area is 107 Å². The lowest BCUT2D eigenvalue weighted by molar-refractivity contribution is 0.275. The number of rotatable bonds is 2. The zero-order chi connectivity index (χ0) is 12.7. The third kappa shape index (κ3) is 1.99. The van der Waals surface area contributed by atoms with Gasteiger partial charge in [-0.15, -0.1) is 0 Å². The Morgan fingerprint density at radius 1 is 1.28 bits per heavy atom. The van der Waals surface area contributed by atoms with Crippen molar-refractivity contribution in [2.75, 3.05) is 5.73 Å². The van der Waals surface area contributed by atoms with E-state index in [1.165, 1.54) is 16.7 Å². The van der Waals surface area contributed by atoms with E-state index in [0.717, 1.165) is 31.0 Å². The van der Waals surface area contributed by atoms with Gasteiger partial charge in [-0.25, -0.2) is 0 Å². The van der Waals surface area contributed by atoms with Crippen LogP contribution in [0.15, 0.2) is 24.4 Å². The molecule has 0 bridgehead atoms. The first-order chi connectivity index (χ1) is 8.61. The van der Waals surface area contributed by atoms with Crippen molar-refractivity contribution in [3.63, 3.8) is 0 Å². The topological polar surface area (TPSA) is 47.1 Å². The van der Waals surface area contributed by atoms with Gasteiger partial charge in [0.2, 0.25) is 0 Å². The van der Waals surface area contributed by atoms with Gasteiger partial charge in [0, 0.05) is 44.1 Å². The molecule has 4 nitrogen and oxygen atoms in total. The van der Waals surface area contributed by atoms with Crippen LogP contribution >= 0.6 is 0 Å². The predicted molar refractivity (Wildman–Crippen MR) is 71.8 cm³/mol.